The first-order valence-electron chi connectivity index (χ1n) is 11.7. The monoisotopic (exact) mass is 400 g/mol. The minimum absolute atomic E-state index is 0.0940. The van der Waals surface area contributed by atoms with Crippen LogP contribution in [0.4, 0.5) is 0 Å². The molecule has 0 amide bonds. The van der Waals surface area contributed by atoms with E-state index < -0.39 is 0 Å². The van der Waals surface area contributed by atoms with Gasteiger partial charge in [-0.2, -0.15) is 5.26 Å². The number of hydrogen-bond donors (Lipinski definition) is 0. The summed E-state index contributed by atoms with van der Waals surface area (Å²) < 4.78 is 0. The smallest absolute Gasteiger partial charge is 0.0702 e. The summed E-state index contributed by atoms with van der Waals surface area (Å²) in [5.74, 6) is 1.22. The first-order valence-corrected chi connectivity index (χ1v) is 11.7. The predicted octanol–water partition coefficient (Wildman–Crippen LogP) is 7.86. The van der Waals surface area contributed by atoms with Crippen LogP contribution in [-0.4, -0.2) is 4.98 Å². The van der Waals surface area contributed by atoms with E-state index in [1.165, 1.54) is 16.7 Å². The van der Waals surface area contributed by atoms with E-state index in [0.717, 1.165) is 63.5 Å². The summed E-state index contributed by atoms with van der Waals surface area (Å²) in [4.78, 5) is 4.67. The maximum absolute atomic E-state index is 9.82. The summed E-state index contributed by atoms with van der Waals surface area (Å²) in [6, 6.07) is 16.0. The van der Waals surface area contributed by atoms with E-state index in [9.17, 15) is 5.26 Å². The molecule has 30 heavy (non-hydrogen) atoms. The molecule has 0 spiro atoms. The summed E-state index contributed by atoms with van der Waals surface area (Å²) in [5.41, 5.74) is 4.82. The van der Waals surface area contributed by atoms with Crippen LogP contribution in [0.5, 0.6) is 0 Å². The molecule has 1 saturated carbocycles. The molecule has 0 N–H and O–H groups in total. The Morgan fingerprint density at radius 3 is 2.50 bits per heavy atom. The molecule has 0 bridgehead atoms. The van der Waals surface area contributed by atoms with Gasteiger partial charge in [-0.25, -0.2) is 0 Å². The Morgan fingerprint density at radius 2 is 1.93 bits per heavy atom. The van der Waals surface area contributed by atoms with Gasteiger partial charge in [-0.15, -0.1) is 6.58 Å². The molecule has 3 rings (SSSR count). The number of nitriles is 1. The molecule has 1 aromatic carbocycles. The molecule has 158 valence electrons. The fraction of sp³-hybridized carbons (Fsp3) is 0.500. The topological polar surface area (TPSA) is 36.7 Å². The van der Waals surface area contributed by atoms with E-state index in [0.29, 0.717) is 11.8 Å². The van der Waals surface area contributed by atoms with Crippen molar-refractivity contribution in [2.24, 2.45) is 11.3 Å². The summed E-state index contributed by atoms with van der Waals surface area (Å²) in [6.45, 7) is 8.30. The minimum Gasteiger partial charge on any atom is -0.256 e. The molecule has 0 saturated heterocycles. The van der Waals surface area contributed by atoms with Crippen LogP contribution < -0.4 is 0 Å². The van der Waals surface area contributed by atoms with Gasteiger partial charge >= 0.3 is 0 Å². The molecule has 1 heterocycles. The van der Waals surface area contributed by atoms with Crippen molar-refractivity contribution in [1.29, 1.82) is 5.26 Å². The summed E-state index contributed by atoms with van der Waals surface area (Å²) in [7, 11) is 0. The largest absolute Gasteiger partial charge is 0.256 e. The van der Waals surface area contributed by atoms with Gasteiger partial charge in [0.2, 0.25) is 0 Å². The first-order chi connectivity index (χ1) is 14.6. The highest BCUT2D eigenvalue weighted by Crippen LogP contribution is 2.46. The lowest BCUT2D eigenvalue weighted by molar-refractivity contribution is 0.198. The standard InChI is InChI=1S/C28H36N2/c1-4-6-7-8-23-9-14-27(30-20-23)26-12-10-24(11-13-26)25-15-17-28(21-29,18-16-25)19-22(3)5-2/h4,9-14,20,22,25H,1,5-8,15-19H2,2-3H3/t22-,25?,28?/m0/s1. The normalized spacial score (nSPS) is 22.2. The van der Waals surface area contributed by atoms with Gasteiger partial charge in [0.25, 0.3) is 0 Å². The van der Waals surface area contributed by atoms with Crippen molar-refractivity contribution in [2.75, 3.05) is 0 Å². The van der Waals surface area contributed by atoms with Crippen molar-refractivity contribution in [3.63, 3.8) is 0 Å². The Labute approximate surface area is 183 Å². The molecule has 1 atom stereocenters. The maximum atomic E-state index is 9.82. The van der Waals surface area contributed by atoms with E-state index >= 15 is 0 Å². The van der Waals surface area contributed by atoms with E-state index in [4.69, 9.17) is 0 Å². The number of rotatable bonds is 9. The van der Waals surface area contributed by atoms with E-state index in [1.807, 2.05) is 12.3 Å². The lowest BCUT2D eigenvalue weighted by Crippen LogP contribution is -2.27. The van der Waals surface area contributed by atoms with Crippen LogP contribution in [0.2, 0.25) is 0 Å². The van der Waals surface area contributed by atoms with Gasteiger partial charge in [0, 0.05) is 11.8 Å². The highest BCUT2D eigenvalue weighted by Gasteiger charge is 2.36. The second-order valence-corrected chi connectivity index (χ2v) is 9.24. The van der Waals surface area contributed by atoms with Gasteiger partial charge in [-0.1, -0.05) is 56.7 Å². The fourth-order valence-corrected chi connectivity index (χ4v) is 4.80. The van der Waals surface area contributed by atoms with E-state index in [1.54, 1.807) is 0 Å². The zero-order valence-corrected chi connectivity index (χ0v) is 18.7. The van der Waals surface area contributed by atoms with Crippen molar-refractivity contribution < 1.29 is 0 Å². The summed E-state index contributed by atoms with van der Waals surface area (Å²) in [5, 5.41) is 9.82. The van der Waals surface area contributed by atoms with Crippen LogP contribution in [0.15, 0.2) is 55.3 Å². The lowest BCUT2D eigenvalue weighted by Gasteiger charge is -2.36. The van der Waals surface area contributed by atoms with Gasteiger partial charge in [-0.05, 0) is 80.4 Å². The number of aromatic nitrogens is 1. The van der Waals surface area contributed by atoms with E-state index in [2.05, 4.69) is 67.9 Å². The zero-order chi connectivity index (χ0) is 21.4. The number of hydrogen-bond acceptors (Lipinski definition) is 2. The molecule has 2 heteroatoms. The van der Waals surface area contributed by atoms with Crippen molar-refractivity contribution in [1.82, 2.24) is 4.98 Å². The Balaban J connectivity index is 1.60. The Bertz CT molecular complexity index is 834. The molecule has 0 radical (unpaired) electrons. The predicted molar refractivity (Wildman–Crippen MR) is 126 cm³/mol. The number of benzene rings is 1. The van der Waals surface area contributed by atoms with Crippen LogP contribution >= 0.6 is 0 Å². The average Bonchev–Trinajstić information content (AvgIpc) is 2.80. The summed E-state index contributed by atoms with van der Waals surface area (Å²) in [6.07, 6.45) is 13.8. The molecular weight excluding hydrogens is 364 g/mol. The van der Waals surface area contributed by atoms with Gasteiger partial charge in [0.05, 0.1) is 17.2 Å². The van der Waals surface area contributed by atoms with E-state index in [-0.39, 0.29) is 5.41 Å². The molecule has 2 aromatic rings. The van der Waals surface area contributed by atoms with Crippen LogP contribution in [-0.2, 0) is 6.42 Å². The Morgan fingerprint density at radius 1 is 1.20 bits per heavy atom. The number of nitrogens with zero attached hydrogens (tertiary/aromatic N) is 2. The van der Waals surface area contributed by atoms with Crippen molar-refractivity contribution in [3.05, 3.63) is 66.4 Å². The summed E-state index contributed by atoms with van der Waals surface area (Å²) >= 11 is 0. The number of unbranched alkanes of at least 4 members (excludes halogenated alkanes) is 1. The zero-order valence-electron chi connectivity index (χ0n) is 18.7. The molecule has 2 nitrogen and oxygen atoms in total. The van der Waals surface area contributed by atoms with Gasteiger partial charge in [0.15, 0.2) is 0 Å². The van der Waals surface area contributed by atoms with Crippen molar-refractivity contribution >= 4 is 0 Å². The van der Waals surface area contributed by atoms with Crippen molar-refractivity contribution in [3.8, 4) is 17.3 Å². The fourth-order valence-electron chi connectivity index (χ4n) is 4.80. The Kier molecular flexibility index (Phi) is 7.86. The van der Waals surface area contributed by atoms with Gasteiger partial charge < -0.3 is 0 Å². The first kappa shape index (κ1) is 22.3. The van der Waals surface area contributed by atoms with Crippen LogP contribution in [0.1, 0.15) is 82.3 Å². The third-order valence-electron chi connectivity index (χ3n) is 6.99. The lowest BCUT2D eigenvalue weighted by atomic mass is 9.66. The van der Waals surface area contributed by atoms with Crippen LogP contribution in [0.25, 0.3) is 11.3 Å². The quantitative estimate of drug-likeness (QED) is 0.317. The van der Waals surface area contributed by atoms with Gasteiger partial charge in [0.1, 0.15) is 0 Å². The molecule has 1 aliphatic carbocycles. The third kappa shape index (κ3) is 5.60. The Hall–Kier alpha value is -2.40. The SMILES string of the molecule is C=CCCCc1ccc(-c2ccc(C3CCC(C#N)(C[C@@H](C)CC)CC3)cc2)nc1. The number of aryl methyl sites for hydroxylation is 1. The second-order valence-electron chi connectivity index (χ2n) is 9.24. The third-order valence-corrected chi connectivity index (χ3v) is 6.99. The number of allylic oxidation sites excluding steroid dienone is 1. The molecular formula is C28H36N2. The van der Waals surface area contributed by atoms with Crippen LogP contribution in [0, 0.1) is 22.7 Å². The molecule has 1 aliphatic rings. The van der Waals surface area contributed by atoms with Gasteiger partial charge in [-0.3, -0.25) is 4.98 Å². The highest BCUT2D eigenvalue weighted by atomic mass is 14.7. The maximum Gasteiger partial charge on any atom is 0.0702 e. The molecule has 1 fully saturated rings. The average molecular weight is 401 g/mol. The highest BCUT2D eigenvalue weighted by molar-refractivity contribution is 5.59. The molecule has 1 aromatic heterocycles. The molecule has 0 unspecified atom stereocenters. The van der Waals surface area contributed by atoms with Crippen LogP contribution in [0.3, 0.4) is 0 Å². The number of pyridine rings is 1. The minimum atomic E-state index is -0.0940. The molecule has 0 aliphatic heterocycles. The second kappa shape index (κ2) is 10.6. The van der Waals surface area contributed by atoms with Crippen molar-refractivity contribution in [2.45, 2.75) is 77.6 Å².